The van der Waals surface area contributed by atoms with Crippen LogP contribution in [-0.2, 0) is 21.4 Å². The minimum absolute atomic E-state index is 0.0180. The van der Waals surface area contributed by atoms with E-state index in [1.54, 1.807) is 0 Å². The van der Waals surface area contributed by atoms with Gasteiger partial charge < -0.3 is 10.2 Å². The van der Waals surface area contributed by atoms with E-state index in [-0.39, 0.29) is 25.7 Å². The monoisotopic (exact) mass is 507 g/mol. The number of sulfonamides is 1. The average molecular weight is 509 g/mol. The molecule has 1 saturated heterocycles. The Hall–Kier alpha value is -1.69. The zero-order valence-corrected chi connectivity index (χ0v) is 19.6. The Morgan fingerprint density at radius 3 is 2.61 bits per heavy atom. The van der Waals surface area contributed by atoms with Crippen LogP contribution >= 0.6 is 34.8 Å². The van der Waals surface area contributed by atoms with E-state index in [1.165, 1.54) is 22.5 Å². The first-order valence-electron chi connectivity index (χ1n) is 9.29. The maximum Gasteiger partial charge on any atom is 0.287 e. The van der Waals surface area contributed by atoms with E-state index < -0.39 is 28.0 Å². The number of carbonyl (C=O) groups is 1. The first-order valence-corrected chi connectivity index (χ1v) is 11.9. The molecule has 2 aromatic rings. The molecule has 1 aliphatic rings. The highest BCUT2D eigenvalue weighted by Crippen LogP contribution is 2.28. The fraction of sp³-hybridized carbons (Fsp3) is 0.389. The van der Waals surface area contributed by atoms with Crippen molar-refractivity contribution in [2.45, 2.75) is 17.9 Å². The van der Waals surface area contributed by atoms with Gasteiger partial charge in [-0.3, -0.25) is 9.59 Å². The molecule has 0 aliphatic carbocycles. The van der Waals surface area contributed by atoms with Gasteiger partial charge in [-0.1, -0.05) is 34.8 Å². The van der Waals surface area contributed by atoms with Crippen molar-refractivity contribution < 1.29 is 13.2 Å². The van der Waals surface area contributed by atoms with Crippen LogP contribution in [0.5, 0.6) is 0 Å². The van der Waals surface area contributed by atoms with Gasteiger partial charge in [-0.2, -0.15) is 9.40 Å². The number of benzene rings is 1. The molecule has 0 radical (unpaired) electrons. The molecule has 1 amide bonds. The summed E-state index contributed by atoms with van der Waals surface area (Å²) in [4.78, 5) is 26.4. The number of hydrogen-bond donors (Lipinski definition) is 1. The molecule has 0 bridgehead atoms. The number of rotatable bonds is 5. The number of halogens is 3. The quantitative estimate of drug-likeness (QED) is 0.664. The molecule has 1 aromatic heterocycles. The third kappa shape index (κ3) is 5.57. The SMILES string of the molecule is CN1CCCN(S(=O)(=O)c2cc(NC(=O)Cn3ncc(Cl)c(Cl)c3=O)ccc2Cl)CC1. The van der Waals surface area contributed by atoms with Crippen LogP contribution in [-0.4, -0.2) is 66.5 Å². The van der Waals surface area contributed by atoms with Gasteiger partial charge in [-0.05, 0) is 38.2 Å². The van der Waals surface area contributed by atoms with Gasteiger partial charge in [0.1, 0.15) is 16.5 Å². The van der Waals surface area contributed by atoms with E-state index in [1.807, 2.05) is 7.05 Å². The predicted molar refractivity (Wildman–Crippen MR) is 119 cm³/mol. The first kappa shape index (κ1) is 24.0. The number of nitrogens with zero attached hydrogens (tertiary/aromatic N) is 4. The molecule has 0 unspecified atom stereocenters. The third-order valence-corrected chi connectivity index (χ3v) is 7.88. The number of likely N-dealkylation sites (N-methyl/N-ethyl adjacent to an activating group) is 1. The molecule has 1 N–H and O–H groups in total. The molecule has 13 heteroatoms. The van der Waals surface area contributed by atoms with Crippen LogP contribution in [0.2, 0.25) is 15.1 Å². The van der Waals surface area contributed by atoms with E-state index >= 15 is 0 Å². The van der Waals surface area contributed by atoms with Crippen LogP contribution in [0.3, 0.4) is 0 Å². The molecule has 168 valence electrons. The van der Waals surface area contributed by atoms with Crippen LogP contribution in [0.4, 0.5) is 5.69 Å². The van der Waals surface area contributed by atoms with Gasteiger partial charge in [0, 0.05) is 25.3 Å². The van der Waals surface area contributed by atoms with E-state index in [4.69, 9.17) is 34.8 Å². The van der Waals surface area contributed by atoms with Gasteiger partial charge in [0.15, 0.2) is 0 Å². The molecule has 1 fully saturated rings. The molecule has 31 heavy (non-hydrogen) atoms. The van der Waals surface area contributed by atoms with Gasteiger partial charge in [0.2, 0.25) is 15.9 Å². The summed E-state index contributed by atoms with van der Waals surface area (Å²) in [6.07, 6.45) is 1.86. The number of anilines is 1. The van der Waals surface area contributed by atoms with Crippen molar-refractivity contribution >= 4 is 56.4 Å². The Bertz CT molecular complexity index is 1160. The van der Waals surface area contributed by atoms with Crippen molar-refractivity contribution in [1.82, 2.24) is 19.0 Å². The zero-order valence-electron chi connectivity index (χ0n) is 16.5. The highest BCUT2D eigenvalue weighted by Gasteiger charge is 2.28. The van der Waals surface area contributed by atoms with Crippen LogP contribution < -0.4 is 10.9 Å². The van der Waals surface area contributed by atoms with Crippen LogP contribution in [0.1, 0.15) is 6.42 Å². The summed E-state index contributed by atoms with van der Waals surface area (Å²) >= 11 is 17.7. The summed E-state index contributed by atoms with van der Waals surface area (Å²) < 4.78 is 28.5. The normalized spacial score (nSPS) is 16.1. The van der Waals surface area contributed by atoms with Gasteiger partial charge in [0.25, 0.3) is 5.56 Å². The lowest BCUT2D eigenvalue weighted by Crippen LogP contribution is -2.34. The summed E-state index contributed by atoms with van der Waals surface area (Å²) in [5.74, 6) is -0.602. The molecular formula is C18H20Cl3N5O4S. The number of amides is 1. The number of hydrogen-bond acceptors (Lipinski definition) is 6. The van der Waals surface area contributed by atoms with Gasteiger partial charge >= 0.3 is 0 Å². The van der Waals surface area contributed by atoms with E-state index in [0.29, 0.717) is 26.1 Å². The predicted octanol–water partition coefficient (Wildman–Crippen LogP) is 2.17. The Kier molecular flexibility index (Phi) is 7.61. The Morgan fingerprint density at radius 1 is 1.13 bits per heavy atom. The standard InChI is InChI=1S/C18H20Cl3N5O4S/c1-24-5-2-6-25(8-7-24)31(29,30)15-9-12(3-4-13(15)19)23-16(27)11-26-18(28)17(21)14(20)10-22-26/h3-4,9-10H,2,5-8,11H2,1H3,(H,23,27). The highest BCUT2D eigenvalue weighted by molar-refractivity contribution is 7.89. The largest absolute Gasteiger partial charge is 0.324 e. The van der Waals surface area contributed by atoms with Crippen LogP contribution in [0.25, 0.3) is 0 Å². The second kappa shape index (κ2) is 9.85. The highest BCUT2D eigenvalue weighted by atomic mass is 35.5. The van der Waals surface area contributed by atoms with Crippen molar-refractivity contribution in [2.24, 2.45) is 0 Å². The first-order chi connectivity index (χ1) is 14.6. The van der Waals surface area contributed by atoms with E-state index in [2.05, 4.69) is 15.3 Å². The third-order valence-electron chi connectivity index (χ3n) is 4.75. The fourth-order valence-corrected chi connectivity index (χ4v) is 5.32. The average Bonchev–Trinajstić information content (AvgIpc) is 2.95. The minimum atomic E-state index is -3.85. The second-order valence-corrected chi connectivity index (χ2v) is 10.1. The topological polar surface area (TPSA) is 105 Å². The molecule has 3 rings (SSSR count). The van der Waals surface area contributed by atoms with Gasteiger partial charge in [0.05, 0.1) is 16.2 Å². The molecule has 2 heterocycles. The van der Waals surface area contributed by atoms with Crippen LogP contribution in [0.15, 0.2) is 34.1 Å². The lowest BCUT2D eigenvalue weighted by molar-refractivity contribution is -0.117. The van der Waals surface area contributed by atoms with Crippen molar-refractivity contribution in [2.75, 3.05) is 38.5 Å². The summed E-state index contributed by atoms with van der Waals surface area (Å²) in [5, 5.41) is 6.11. The molecule has 9 nitrogen and oxygen atoms in total. The van der Waals surface area contributed by atoms with Crippen molar-refractivity contribution in [3.63, 3.8) is 0 Å². The number of aromatic nitrogens is 2. The summed E-state index contributed by atoms with van der Waals surface area (Å²) in [6, 6.07) is 4.17. The Labute approximate surface area is 194 Å². The van der Waals surface area contributed by atoms with E-state index in [0.717, 1.165) is 17.4 Å². The van der Waals surface area contributed by atoms with Crippen molar-refractivity contribution in [3.8, 4) is 0 Å². The van der Waals surface area contributed by atoms with Gasteiger partial charge in [-0.25, -0.2) is 13.1 Å². The second-order valence-electron chi connectivity index (χ2n) is 7.02. The molecule has 0 spiro atoms. The molecule has 1 aliphatic heterocycles. The zero-order chi connectivity index (χ0) is 22.8. The summed E-state index contributed by atoms with van der Waals surface area (Å²) in [7, 11) is -1.91. The van der Waals surface area contributed by atoms with Crippen LogP contribution in [0, 0.1) is 0 Å². The number of carbonyl (C=O) groups excluding carboxylic acids is 1. The smallest absolute Gasteiger partial charge is 0.287 e. The minimum Gasteiger partial charge on any atom is -0.324 e. The Balaban J connectivity index is 1.80. The molecular weight excluding hydrogens is 489 g/mol. The fourth-order valence-electron chi connectivity index (χ4n) is 3.08. The summed E-state index contributed by atoms with van der Waals surface area (Å²) in [6.45, 7) is 1.71. The van der Waals surface area contributed by atoms with Gasteiger partial charge in [-0.15, -0.1) is 0 Å². The maximum atomic E-state index is 13.1. The summed E-state index contributed by atoms with van der Waals surface area (Å²) in [5.41, 5.74) is -0.497. The number of nitrogens with one attached hydrogen (secondary N) is 1. The lowest BCUT2D eigenvalue weighted by atomic mass is 10.3. The molecule has 1 aromatic carbocycles. The van der Waals surface area contributed by atoms with Crippen molar-refractivity contribution in [3.05, 3.63) is 49.8 Å². The molecule has 0 saturated carbocycles. The Morgan fingerprint density at radius 2 is 1.87 bits per heavy atom. The lowest BCUT2D eigenvalue weighted by Gasteiger charge is -2.21. The maximum absolute atomic E-state index is 13.1. The van der Waals surface area contributed by atoms with E-state index in [9.17, 15) is 18.0 Å². The van der Waals surface area contributed by atoms with Crippen molar-refractivity contribution in [1.29, 1.82) is 0 Å². The molecule has 0 atom stereocenters.